The lowest BCUT2D eigenvalue weighted by Crippen LogP contribution is -2.31. The number of anilines is 1. The number of furan rings is 1. The lowest BCUT2D eigenvalue weighted by atomic mass is 10.1. The largest absolute Gasteiger partial charge is 0.467 e. The molecule has 1 unspecified atom stereocenters. The molecule has 0 spiro atoms. The molecule has 0 fully saturated rings. The smallest absolute Gasteiger partial charge is 0.387 e. The van der Waals surface area contributed by atoms with E-state index in [2.05, 4.69) is 34.0 Å². The lowest BCUT2D eigenvalue weighted by molar-refractivity contribution is -0.0498. The number of hydrogen-bond donors (Lipinski definition) is 1. The molecule has 0 saturated carbocycles. The Labute approximate surface area is 179 Å². The predicted octanol–water partition coefficient (Wildman–Crippen LogP) is 4.80. The third-order valence-electron chi connectivity index (χ3n) is 5.50. The van der Waals surface area contributed by atoms with Crippen molar-refractivity contribution in [1.29, 1.82) is 0 Å². The van der Waals surface area contributed by atoms with Gasteiger partial charge in [-0.1, -0.05) is 30.3 Å². The number of alkyl halides is 2. The molecule has 1 N–H and O–H groups in total. The number of rotatable bonds is 8. The van der Waals surface area contributed by atoms with Crippen LogP contribution in [0.15, 0.2) is 65.3 Å². The minimum Gasteiger partial charge on any atom is -0.467 e. The van der Waals surface area contributed by atoms with Crippen molar-refractivity contribution >= 4 is 11.6 Å². The van der Waals surface area contributed by atoms with Gasteiger partial charge in [0.2, 0.25) is 0 Å². The van der Waals surface area contributed by atoms with Gasteiger partial charge in [-0.2, -0.15) is 8.78 Å². The summed E-state index contributed by atoms with van der Waals surface area (Å²) in [5.41, 5.74) is 3.92. The van der Waals surface area contributed by atoms with Crippen LogP contribution in [0.25, 0.3) is 0 Å². The van der Waals surface area contributed by atoms with Crippen LogP contribution in [0.4, 0.5) is 14.5 Å². The molecule has 0 bridgehead atoms. The normalized spacial score (nSPS) is 15.2. The van der Waals surface area contributed by atoms with Crippen molar-refractivity contribution in [2.24, 2.45) is 0 Å². The van der Waals surface area contributed by atoms with Gasteiger partial charge in [-0.3, -0.25) is 4.79 Å². The van der Waals surface area contributed by atoms with Gasteiger partial charge < -0.3 is 19.4 Å². The van der Waals surface area contributed by atoms with E-state index in [4.69, 9.17) is 4.42 Å². The fraction of sp³-hybridized carbons (Fsp3) is 0.292. The van der Waals surface area contributed by atoms with Gasteiger partial charge in [0.1, 0.15) is 11.5 Å². The highest BCUT2D eigenvalue weighted by molar-refractivity contribution is 5.95. The molecule has 2 aromatic carbocycles. The highest BCUT2D eigenvalue weighted by Crippen LogP contribution is 2.33. The Hall–Kier alpha value is -3.35. The first-order valence-electron chi connectivity index (χ1n) is 10.2. The average Bonchev–Trinajstić information content (AvgIpc) is 3.34. The minimum atomic E-state index is -2.84. The minimum absolute atomic E-state index is 0.114. The highest BCUT2D eigenvalue weighted by Gasteiger charge is 2.27. The summed E-state index contributed by atoms with van der Waals surface area (Å²) in [6.07, 6.45) is 3.09. The topological polar surface area (TPSA) is 54.7 Å². The molecule has 1 aromatic heterocycles. The fourth-order valence-electron chi connectivity index (χ4n) is 3.94. The van der Waals surface area contributed by atoms with Crippen LogP contribution in [0, 0.1) is 0 Å². The number of para-hydroxylation sites is 1. The third-order valence-corrected chi connectivity index (χ3v) is 5.50. The van der Waals surface area contributed by atoms with E-state index in [1.165, 1.54) is 23.4 Å². The summed E-state index contributed by atoms with van der Waals surface area (Å²) < 4.78 is 34.4. The van der Waals surface area contributed by atoms with E-state index < -0.39 is 6.61 Å². The van der Waals surface area contributed by atoms with Crippen molar-refractivity contribution in [3.05, 3.63) is 83.3 Å². The predicted molar refractivity (Wildman–Crippen MR) is 114 cm³/mol. The van der Waals surface area contributed by atoms with Crippen LogP contribution in [-0.2, 0) is 19.4 Å². The zero-order valence-corrected chi connectivity index (χ0v) is 17.2. The molecule has 5 nitrogen and oxygen atoms in total. The molecule has 1 amide bonds. The zero-order chi connectivity index (χ0) is 21.8. The Kier molecular flexibility index (Phi) is 6.21. The molecule has 0 saturated heterocycles. The first-order chi connectivity index (χ1) is 15.0. The van der Waals surface area contributed by atoms with Crippen LogP contribution < -0.4 is 15.0 Å². The van der Waals surface area contributed by atoms with Gasteiger partial charge in [0, 0.05) is 18.3 Å². The number of benzene rings is 2. The van der Waals surface area contributed by atoms with Crippen molar-refractivity contribution in [1.82, 2.24) is 5.32 Å². The summed E-state index contributed by atoms with van der Waals surface area (Å²) in [6.45, 7) is 0.271. The van der Waals surface area contributed by atoms with Gasteiger partial charge in [-0.05, 0) is 55.2 Å². The van der Waals surface area contributed by atoms with E-state index in [0.29, 0.717) is 36.9 Å². The molecule has 1 aliphatic rings. The number of nitrogens with one attached hydrogen (secondary N) is 1. The van der Waals surface area contributed by atoms with Crippen molar-refractivity contribution < 1.29 is 22.7 Å². The van der Waals surface area contributed by atoms with Crippen LogP contribution in [0.3, 0.4) is 0 Å². The molecule has 1 atom stereocenters. The maximum Gasteiger partial charge on any atom is 0.387 e. The summed E-state index contributed by atoms with van der Waals surface area (Å²) in [4.78, 5) is 15.0. The Bertz CT molecular complexity index is 1030. The summed E-state index contributed by atoms with van der Waals surface area (Å²) in [5.74, 6) is 0.555. The number of carbonyl (C=O) groups excluding carboxylic acids is 1. The number of hydrogen-bond acceptors (Lipinski definition) is 4. The van der Waals surface area contributed by atoms with Crippen LogP contribution in [0.2, 0.25) is 0 Å². The molecule has 7 heteroatoms. The summed E-state index contributed by atoms with van der Waals surface area (Å²) >= 11 is 0. The summed E-state index contributed by atoms with van der Waals surface area (Å²) in [6, 6.07) is 16.7. The van der Waals surface area contributed by atoms with Gasteiger partial charge in [0.15, 0.2) is 0 Å². The molecule has 31 heavy (non-hydrogen) atoms. The molecule has 4 rings (SSSR count). The first-order valence-corrected chi connectivity index (χ1v) is 10.2. The summed E-state index contributed by atoms with van der Waals surface area (Å²) in [5, 5.41) is 2.91. The number of ether oxygens (including phenoxy) is 1. The first kappa shape index (κ1) is 20.9. The van der Waals surface area contributed by atoms with E-state index in [1.54, 1.807) is 24.5 Å². The number of halogens is 2. The SMILES string of the molecule is CC1Cc2ccccc2N1Cc1occc1C(=O)NCCc1ccc(OC(F)F)cc1. The molecule has 162 valence electrons. The van der Waals surface area contributed by atoms with Crippen LogP contribution in [0.5, 0.6) is 5.75 Å². The van der Waals surface area contributed by atoms with Crippen LogP contribution in [0.1, 0.15) is 34.2 Å². The van der Waals surface area contributed by atoms with Gasteiger partial charge >= 0.3 is 6.61 Å². The molecular formula is C24H24F2N2O3. The van der Waals surface area contributed by atoms with Crippen molar-refractivity contribution in [2.75, 3.05) is 11.4 Å². The monoisotopic (exact) mass is 426 g/mol. The molecular weight excluding hydrogens is 402 g/mol. The molecule has 0 aliphatic carbocycles. The van der Waals surface area contributed by atoms with Gasteiger partial charge in [-0.15, -0.1) is 0 Å². The Balaban J connectivity index is 1.34. The van der Waals surface area contributed by atoms with Gasteiger partial charge in [0.25, 0.3) is 5.91 Å². The Morgan fingerprint density at radius 3 is 2.74 bits per heavy atom. The van der Waals surface area contributed by atoms with Crippen LogP contribution in [-0.4, -0.2) is 25.1 Å². The Morgan fingerprint density at radius 2 is 1.97 bits per heavy atom. The second-order valence-corrected chi connectivity index (χ2v) is 7.60. The second-order valence-electron chi connectivity index (χ2n) is 7.60. The zero-order valence-electron chi connectivity index (χ0n) is 17.2. The second kappa shape index (κ2) is 9.20. The highest BCUT2D eigenvalue weighted by atomic mass is 19.3. The quantitative estimate of drug-likeness (QED) is 0.562. The molecule has 1 aliphatic heterocycles. The third kappa shape index (κ3) is 4.87. The molecule has 3 aromatic rings. The fourth-order valence-corrected chi connectivity index (χ4v) is 3.94. The van der Waals surface area contributed by atoms with Crippen molar-refractivity contribution in [2.45, 2.75) is 39.0 Å². The van der Waals surface area contributed by atoms with E-state index in [1.807, 2.05) is 12.1 Å². The number of amides is 1. The molecule has 2 heterocycles. The standard InChI is InChI=1S/C24H24F2N2O3/c1-16-14-18-4-2-3-5-21(18)28(16)15-22-20(11-13-30-22)23(29)27-12-10-17-6-8-19(9-7-17)31-24(25)26/h2-9,11,13,16,24H,10,12,14-15H2,1H3,(H,27,29). The number of fused-ring (bicyclic) bond motifs is 1. The number of carbonyl (C=O) groups is 1. The van der Waals surface area contributed by atoms with E-state index in [-0.39, 0.29) is 11.7 Å². The van der Waals surface area contributed by atoms with E-state index >= 15 is 0 Å². The maximum absolute atomic E-state index is 12.7. The molecule has 0 radical (unpaired) electrons. The lowest BCUT2D eigenvalue weighted by Gasteiger charge is -2.24. The summed E-state index contributed by atoms with van der Waals surface area (Å²) in [7, 11) is 0. The van der Waals surface area contributed by atoms with Crippen molar-refractivity contribution in [3.63, 3.8) is 0 Å². The van der Waals surface area contributed by atoms with E-state index in [9.17, 15) is 13.6 Å². The van der Waals surface area contributed by atoms with Gasteiger partial charge in [0.05, 0.1) is 18.4 Å². The average molecular weight is 426 g/mol. The van der Waals surface area contributed by atoms with Crippen molar-refractivity contribution in [3.8, 4) is 5.75 Å². The Morgan fingerprint density at radius 1 is 1.19 bits per heavy atom. The van der Waals surface area contributed by atoms with E-state index in [0.717, 1.165) is 12.0 Å². The van der Waals surface area contributed by atoms with Gasteiger partial charge in [-0.25, -0.2) is 0 Å². The maximum atomic E-state index is 12.7. The van der Waals surface area contributed by atoms with Crippen LogP contribution >= 0.6 is 0 Å². The number of nitrogens with zero attached hydrogens (tertiary/aromatic N) is 1.